The predicted octanol–water partition coefficient (Wildman–Crippen LogP) is 1.71. The van der Waals surface area contributed by atoms with Crippen LogP contribution in [0.3, 0.4) is 0 Å². The van der Waals surface area contributed by atoms with E-state index in [1.165, 1.54) is 11.2 Å². The number of sulfone groups is 1. The van der Waals surface area contributed by atoms with Crippen molar-refractivity contribution in [1.29, 1.82) is 0 Å². The lowest BCUT2D eigenvalue weighted by Gasteiger charge is -2.24. The van der Waals surface area contributed by atoms with E-state index in [0.29, 0.717) is 29.5 Å². The summed E-state index contributed by atoms with van der Waals surface area (Å²) in [7, 11) is 0.164. The van der Waals surface area contributed by atoms with Gasteiger partial charge in [0.05, 0.1) is 24.1 Å². The number of nitrogens with zero attached hydrogens (tertiary/aromatic N) is 2. The van der Waals surface area contributed by atoms with E-state index in [2.05, 4.69) is 15.6 Å². The first-order valence-electron chi connectivity index (χ1n) is 9.80. The maximum atomic E-state index is 11.9. The number of hydrogen-bond donors (Lipinski definition) is 2. The van der Waals surface area contributed by atoms with Crippen LogP contribution >= 0.6 is 24.0 Å². The first-order valence-corrected chi connectivity index (χ1v) is 11.7. The van der Waals surface area contributed by atoms with Gasteiger partial charge in [-0.3, -0.25) is 4.79 Å². The number of carbonyl (C=O) groups excluding carboxylic acids is 1. The smallest absolute Gasteiger partial charge is 0.241 e. The maximum Gasteiger partial charge on any atom is 0.241 e. The minimum Gasteiger partial charge on any atom is -0.376 e. The highest BCUT2D eigenvalue weighted by atomic mass is 127. The molecule has 0 saturated carbocycles. The molecule has 8 nitrogen and oxygen atoms in total. The largest absolute Gasteiger partial charge is 0.376 e. The molecule has 1 saturated heterocycles. The van der Waals surface area contributed by atoms with E-state index in [-0.39, 0.29) is 42.5 Å². The summed E-state index contributed by atoms with van der Waals surface area (Å²) < 4.78 is 29.3. The van der Waals surface area contributed by atoms with Gasteiger partial charge in [-0.15, -0.1) is 24.0 Å². The van der Waals surface area contributed by atoms with E-state index in [1.54, 1.807) is 33.2 Å². The molecule has 1 aromatic carbocycles. The Kier molecular flexibility index (Phi) is 11.1. The van der Waals surface area contributed by atoms with Crippen LogP contribution in [0.4, 0.5) is 0 Å². The number of guanidine groups is 1. The number of hydrogen-bond acceptors (Lipinski definition) is 5. The fourth-order valence-electron chi connectivity index (χ4n) is 3.07. The summed E-state index contributed by atoms with van der Waals surface area (Å²) in [4.78, 5) is 18.3. The molecule has 1 heterocycles. The van der Waals surface area contributed by atoms with Crippen LogP contribution in [0.15, 0.2) is 28.1 Å². The van der Waals surface area contributed by atoms with E-state index < -0.39 is 9.84 Å². The highest BCUT2D eigenvalue weighted by Crippen LogP contribution is 2.17. The first kappa shape index (κ1) is 26.6. The SMILES string of the molecule is Cc1cc(CN=C(NCC(=O)N(C)C)NCC2CCCCO2)ccc1S(C)(=O)=O.I. The van der Waals surface area contributed by atoms with Crippen LogP contribution in [-0.4, -0.2) is 71.3 Å². The Morgan fingerprint density at radius 1 is 1.27 bits per heavy atom. The Morgan fingerprint density at radius 2 is 2.00 bits per heavy atom. The lowest BCUT2D eigenvalue weighted by molar-refractivity contribution is -0.127. The number of likely N-dealkylation sites (N-methyl/N-ethyl adjacent to an activating group) is 1. The predicted molar refractivity (Wildman–Crippen MR) is 129 cm³/mol. The molecule has 1 aliphatic rings. The summed E-state index contributed by atoms with van der Waals surface area (Å²) in [5.41, 5.74) is 1.59. The Balaban J connectivity index is 0.00000450. The zero-order valence-electron chi connectivity index (χ0n) is 18.1. The van der Waals surface area contributed by atoms with Gasteiger partial charge in [0, 0.05) is 33.5 Å². The van der Waals surface area contributed by atoms with E-state index in [1.807, 2.05) is 6.07 Å². The van der Waals surface area contributed by atoms with Crippen LogP contribution in [0.1, 0.15) is 30.4 Å². The molecule has 1 aliphatic heterocycles. The third-order valence-electron chi connectivity index (χ3n) is 4.74. The Labute approximate surface area is 196 Å². The number of halogens is 1. The van der Waals surface area contributed by atoms with Crippen molar-refractivity contribution in [2.24, 2.45) is 4.99 Å². The van der Waals surface area contributed by atoms with Crippen LogP contribution in [0.2, 0.25) is 0 Å². The van der Waals surface area contributed by atoms with Crippen molar-refractivity contribution < 1.29 is 17.9 Å². The zero-order valence-corrected chi connectivity index (χ0v) is 21.2. The van der Waals surface area contributed by atoms with Gasteiger partial charge in [-0.05, 0) is 43.4 Å². The maximum absolute atomic E-state index is 11.9. The number of benzene rings is 1. The summed E-state index contributed by atoms with van der Waals surface area (Å²) in [5.74, 6) is 0.473. The second-order valence-electron chi connectivity index (χ2n) is 7.55. The van der Waals surface area contributed by atoms with Crippen molar-refractivity contribution >= 4 is 45.7 Å². The second-order valence-corrected chi connectivity index (χ2v) is 9.53. The molecule has 1 atom stereocenters. The van der Waals surface area contributed by atoms with Crippen molar-refractivity contribution in [2.45, 2.75) is 43.7 Å². The van der Waals surface area contributed by atoms with E-state index in [9.17, 15) is 13.2 Å². The average molecular weight is 552 g/mol. The molecule has 1 unspecified atom stereocenters. The number of aliphatic imine (C=N–C) groups is 1. The molecule has 170 valence electrons. The summed E-state index contributed by atoms with van der Waals surface area (Å²) in [5, 5.41) is 6.31. The number of carbonyl (C=O) groups is 1. The highest BCUT2D eigenvalue weighted by Gasteiger charge is 2.15. The third kappa shape index (κ3) is 8.76. The van der Waals surface area contributed by atoms with Gasteiger partial charge in [0.25, 0.3) is 0 Å². The number of amides is 1. The van der Waals surface area contributed by atoms with Crippen molar-refractivity contribution in [1.82, 2.24) is 15.5 Å². The molecule has 0 aromatic heterocycles. The van der Waals surface area contributed by atoms with Gasteiger partial charge < -0.3 is 20.3 Å². The Hall–Kier alpha value is -1.40. The number of aryl methyl sites for hydroxylation is 1. The zero-order chi connectivity index (χ0) is 21.4. The summed E-state index contributed by atoms with van der Waals surface area (Å²) >= 11 is 0. The van der Waals surface area contributed by atoms with Gasteiger partial charge in [0.15, 0.2) is 15.8 Å². The second kappa shape index (κ2) is 12.5. The molecule has 1 amide bonds. The molecule has 0 aliphatic carbocycles. The highest BCUT2D eigenvalue weighted by molar-refractivity contribution is 14.0. The van der Waals surface area contributed by atoms with E-state index in [4.69, 9.17) is 4.74 Å². The van der Waals surface area contributed by atoms with Gasteiger partial charge in [0.2, 0.25) is 5.91 Å². The molecule has 1 fully saturated rings. The number of rotatable bonds is 7. The van der Waals surface area contributed by atoms with Crippen LogP contribution < -0.4 is 10.6 Å². The van der Waals surface area contributed by atoms with E-state index in [0.717, 1.165) is 31.4 Å². The van der Waals surface area contributed by atoms with Crippen molar-refractivity contribution in [3.8, 4) is 0 Å². The van der Waals surface area contributed by atoms with Crippen molar-refractivity contribution in [2.75, 3.05) is 40.0 Å². The molecule has 1 aromatic rings. The van der Waals surface area contributed by atoms with Crippen LogP contribution in [0, 0.1) is 6.92 Å². The molecule has 10 heteroatoms. The van der Waals surface area contributed by atoms with Gasteiger partial charge in [0.1, 0.15) is 0 Å². The quantitative estimate of drug-likeness (QED) is 0.304. The topological polar surface area (TPSA) is 100 Å². The average Bonchev–Trinajstić information content (AvgIpc) is 2.66. The number of nitrogens with one attached hydrogen (secondary N) is 2. The van der Waals surface area contributed by atoms with Gasteiger partial charge in [-0.1, -0.05) is 12.1 Å². The molecule has 30 heavy (non-hydrogen) atoms. The van der Waals surface area contributed by atoms with Crippen LogP contribution in [0.5, 0.6) is 0 Å². The molecule has 0 spiro atoms. The van der Waals surface area contributed by atoms with Crippen LogP contribution in [0.25, 0.3) is 0 Å². The number of ether oxygens (including phenoxy) is 1. The lowest BCUT2D eigenvalue weighted by atomic mass is 10.1. The first-order chi connectivity index (χ1) is 13.7. The summed E-state index contributed by atoms with van der Waals surface area (Å²) in [6.07, 6.45) is 4.58. The standard InChI is InChI=1S/C20H32N4O4S.HI/c1-15-11-16(8-9-18(15)29(4,26)27)12-21-20(23-14-19(25)24(2)3)22-13-17-7-5-6-10-28-17;/h8-9,11,17H,5-7,10,12-14H2,1-4H3,(H2,21,22,23);1H. The Bertz CT molecular complexity index is 837. The normalized spacial score (nSPS) is 17.1. The lowest BCUT2D eigenvalue weighted by Crippen LogP contribution is -2.45. The molecule has 0 radical (unpaired) electrons. The molecule has 0 bridgehead atoms. The molecule has 2 rings (SSSR count). The Morgan fingerprint density at radius 3 is 2.57 bits per heavy atom. The minimum absolute atomic E-state index is 0. The van der Waals surface area contributed by atoms with Crippen molar-refractivity contribution in [3.05, 3.63) is 29.3 Å². The monoisotopic (exact) mass is 552 g/mol. The summed E-state index contributed by atoms with van der Waals surface area (Å²) in [6, 6.07) is 5.20. The fraction of sp³-hybridized carbons (Fsp3) is 0.600. The van der Waals surface area contributed by atoms with Gasteiger partial charge >= 0.3 is 0 Å². The van der Waals surface area contributed by atoms with Gasteiger partial charge in [-0.2, -0.15) is 0 Å². The third-order valence-corrected chi connectivity index (χ3v) is 5.99. The molecular weight excluding hydrogens is 519 g/mol. The summed E-state index contributed by atoms with van der Waals surface area (Å²) in [6.45, 7) is 3.67. The van der Waals surface area contributed by atoms with Crippen LogP contribution in [-0.2, 0) is 25.9 Å². The van der Waals surface area contributed by atoms with Gasteiger partial charge in [-0.25, -0.2) is 13.4 Å². The molecular formula is C20H33IN4O4S. The van der Waals surface area contributed by atoms with Crippen molar-refractivity contribution in [3.63, 3.8) is 0 Å². The van der Waals surface area contributed by atoms with E-state index >= 15 is 0 Å². The minimum atomic E-state index is -3.25. The molecule has 2 N–H and O–H groups in total. The fourth-order valence-corrected chi connectivity index (χ4v) is 4.03.